The summed E-state index contributed by atoms with van der Waals surface area (Å²) >= 11 is 3.87. The predicted octanol–water partition coefficient (Wildman–Crippen LogP) is 3.77. The molecule has 1 nitrogen and oxygen atoms in total. The first kappa shape index (κ1) is 9.27. The highest BCUT2D eigenvalue weighted by Crippen LogP contribution is 2.35. The van der Waals surface area contributed by atoms with Crippen LogP contribution in [0.5, 0.6) is 5.75 Å². The summed E-state index contributed by atoms with van der Waals surface area (Å²) < 4.78 is 2.17. The minimum atomic E-state index is 0.425. The summed E-state index contributed by atoms with van der Waals surface area (Å²) in [6, 6.07) is 4.05. The Kier molecular flexibility index (Phi) is 2.47. The first-order chi connectivity index (χ1) is 6.24. The molecule has 1 heterocycles. The van der Waals surface area contributed by atoms with E-state index in [1.807, 2.05) is 11.4 Å². The maximum Gasteiger partial charge on any atom is 0.137 e. The highest BCUT2D eigenvalue weighted by Gasteiger charge is 2.09. The SMILES string of the molecule is CCc1cc(I)c(O)c2ccsc12. The lowest BCUT2D eigenvalue weighted by Crippen LogP contribution is -1.83. The molecule has 2 aromatic rings. The highest BCUT2D eigenvalue weighted by molar-refractivity contribution is 14.1. The third-order valence-electron chi connectivity index (χ3n) is 2.12. The lowest BCUT2D eigenvalue weighted by Gasteiger charge is -2.03. The molecule has 0 fully saturated rings. The van der Waals surface area contributed by atoms with Crippen molar-refractivity contribution in [2.24, 2.45) is 0 Å². The van der Waals surface area contributed by atoms with Crippen LogP contribution in [0.15, 0.2) is 17.5 Å². The van der Waals surface area contributed by atoms with Crippen LogP contribution in [0.4, 0.5) is 0 Å². The normalized spacial score (nSPS) is 10.9. The molecular formula is C10H9IOS. The van der Waals surface area contributed by atoms with E-state index in [0.717, 1.165) is 15.4 Å². The molecule has 13 heavy (non-hydrogen) atoms. The smallest absolute Gasteiger partial charge is 0.137 e. The number of aromatic hydroxyl groups is 1. The molecule has 0 aliphatic carbocycles. The summed E-state index contributed by atoms with van der Waals surface area (Å²) in [7, 11) is 0. The van der Waals surface area contributed by atoms with Crippen LogP contribution in [0.3, 0.4) is 0 Å². The Morgan fingerprint density at radius 2 is 2.31 bits per heavy atom. The number of aryl methyl sites for hydroxylation is 1. The Balaban J connectivity index is 2.87. The van der Waals surface area contributed by atoms with Crippen molar-refractivity contribution in [2.45, 2.75) is 13.3 Å². The van der Waals surface area contributed by atoms with Crippen LogP contribution in [0.2, 0.25) is 0 Å². The van der Waals surface area contributed by atoms with Gasteiger partial charge in [0.2, 0.25) is 0 Å². The van der Waals surface area contributed by atoms with Crippen molar-refractivity contribution in [3.63, 3.8) is 0 Å². The van der Waals surface area contributed by atoms with Crippen LogP contribution in [-0.2, 0) is 6.42 Å². The minimum absolute atomic E-state index is 0.425. The van der Waals surface area contributed by atoms with Crippen molar-refractivity contribution in [3.8, 4) is 5.75 Å². The fraction of sp³-hybridized carbons (Fsp3) is 0.200. The van der Waals surface area contributed by atoms with E-state index in [4.69, 9.17) is 0 Å². The average molecular weight is 304 g/mol. The predicted molar refractivity (Wildman–Crippen MR) is 65.6 cm³/mol. The summed E-state index contributed by atoms with van der Waals surface area (Å²) in [5, 5.41) is 12.8. The molecule has 0 aliphatic rings. The summed E-state index contributed by atoms with van der Waals surface area (Å²) in [6.07, 6.45) is 1.02. The van der Waals surface area contributed by atoms with E-state index in [2.05, 4.69) is 35.6 Å². The molecule has 1 N–H and O–H groups in total. The first-order valence-electron chi connectivity index (χ1n) is 4.11. The number of rotatable bonds is 1. The largest absolute Gasteiger partial charge is 0.506 e. The second-order valence-electron chi connectivity index (χ2n) is 2.88. The Labute approximate surface area is 94.5 Å². The molecule has 0 unspecified atom stereocenters. The minimum Gasteiger partial charge on any atom is -0.506 e. The van der Waals surface area contributed by atoms with Crippen LogP contribution in [0.1, 0.15) is 12.5 Å². The van der Waals surface area contributed by atoms with E-state index in [-0.39, 0.29) is 0 Å². The van der Waals surface area contributed by atoms with E-state index in [1.54, 1.807) is 11.3 Å². The van der Waals surface area contributed by atoms with Crippen molar-refractivity contribution in [2.75, 3.05) is 0 Å². The number of halogens is 1. The van der Waals surface area contributed by atoms with E-state index in [1.165, 1.54) is 10.3 Å². The van der Waals surface area contributed by atoms with E-state index in [0.29, 0.717) is 5.75 Å². The van der Waals surface area contributed by atoms with Crippen LogP contribution >= 0.6 is 33.9 Å². The maximum atomic E-state index is 9.77. The van der Waals surface area contributed by atoms with Crippen molar-refractivity contribution >= 4 is 44.0 Å². The summed E-state index contributed by atoms with van der Waals surface area (Å²) in [6.45, 7) is 2.14. The van der Waals surface area contributed by atoms with Gasteiger partial charge in [-0.2, -0.15) is 0 Å². The molecule has 0 saturated heterocycles. The van der Waals surface area contributed by atoms with Gasteiger partial charge in [-0.05, 0) is 52.1 Å². The molecule has 0 radical (unpaired) electrons. The molecule has 0 bridgehead atoms. The monoisotopic (exact) mass is 304 g/mol. The standard InChI is InChI=1S/C10H9IOS/c1-2-6-5-8(11)9(12)7-3-4-13-10(6)7/h3-5,12H,2H2,1H3. The van der Waals surface area contributed by atoms with Crippen molar-refractivity contribution in [1.29, 1.82) is 0 Å². The lowest BCUT2D eigenvalue weighted by molar-refractivity contribution is 0.478. The fourth-order valence-corrected chi connectivity index (χ4v) is 3.08. The number of phenols is 1. The van der Waals surface area contributed by atoms with Gasteiger partial charge in [0.15, 0.2) is 0 Å². The van der Waals surface area contributed by atoms with Gasteiger partial charge in [0.05, 0.1) is 3.57 Å². The number of phenolic OH excluding ortho intramolecular Hbond substituents is 1. The number of thiophene rings is 1. The summed E-state index contributed by atoms with van der Waals surface area (Å²) in [5.41, 5.74) is 1.33. The number of benzene rings is 1. The number of hydrogen-bond donors (Lipinski definition) is 1. The summed E-state index contributed by atoms with van der Waals surface area (Å²) in [5.74, 6) is 0.425. The third kappa shape index (κ3) is 1.44. The molecule has 2 rings (SSSR count). The van der Waals surface area contributed by atoms with Crippen LogP contribution in [-0.4, -0.2) is 5.11 Å². The van der Waals surface area contributed by atoms with Gasteiger partial charge in [-0.1, -0.05) is 6.92 Å². The van der Waals surface area contributed by atoms with Crippen LogP contribution < -0.4 is 0 Å². The number of fused-ring (bicyclic) bond motifs is 1. The van der Waals surface area contributed by atoms with E-state index >= 15 is 0 Å². The topological polar surface area (TPSA) is 20.2 Å². The van der Waals surface area contributed by atoms with Gasteiger partial charge in [-0.3, -0.25) is 0 Å². The fourth-order valence-electron chi connectivity index (χ4n) is 1.42. The first-order valence-corrected chi connectivity index (χ1v) is 6.07. The van der Waals surface area contributed by atoms with Gasteiger partial charge in [0.1, 0.15) is 5.75 Å². The lowest BCUT2D eigenvalue weighted by atomic mass is 10.1. The zero-order chi connectivity index (χ0) is 9.42. The van der Waals surface area contributed by atoms with Crippen LogP contribution in [0, 0.1) is 3.57 Å². The Hall–Kier alpha value is -0.290. The highest BCUT2D eigenvalue weighted by atomic mass is 127. The van der Waals surface area contributed by atoms with Crippen molar-refractivity contribution < 1.29 is 5.11 Å². The molecule has 1 aromatic carbocycles. The zero-order valence-electron chi connectivity index (χ0n) is 7.17. The zero-order valence-corrected chi connectivity index (χ0v) is 10.1. The van der Waals surface area contributed by atoms with E-state index < -0.39 is 0 Å². The van der Waals surface area contributed by atoms with Crippen molar-refractivity contribution in [3.05, 3.63) is 26.6 Å². The Bertz CT molecular complexity index is 447. The van der Waals surface area contributed by atoms with Crippen LogP contribution in [0.25, 0.3) is 10.1 Å². The van der Waals surface area contributed by atoms with Gasteiger partial charge in [-0.25, -0.2) is 0 Å². The molecule has 0 aliphatic heterocycles. The molecule has 0 saturated carbocycles. The average Bonchev–Trinajstić information content (AvgIpc) is 2.60. The second kappa shape index (κ2) is 3.46. The van der Waals surface area contributed by atoms with Gasteiger partial charge in [0, 0.05) is 10.1 Å². The molecule has 68 valence electrons. The molecule has 0 amide bonds. The molecule has 0 atom stereocenters. The molecule has 3 heteroatoms. The van der Waals surface area contributed by atoms with Gasteiger partial charge >= 0.3 is 0 Å². The van der Waals surface area contributed by atoms with Gasteiger partial charge < -0.3 is 5.11 Å². The Morgan fingerprint density at radius 3 is 3.00 bits per heavy atom. The maximum absolute atomic E-state index is 9.77. The quantitative estimate of drug-likeness (QED) is 0.795. The van der Waals surface area contributed by atoms with Gasteiger partial charge in [0.25, 0.3) is 0 Å². The van der Waals surface area contributed by atoms with E-state index in [9.17, 15) is 5.11 Å². The van der Waals surface area contributed by atoms with Crippen molar-refractivity contribution in [1.82, 2.24) is 0 Å². The molecule has 0 spiro atoms. The third-order valence-corrected chi connectivity index (χ3v) is 3.93. The molecule has 1 aromatic heterocycles. The number of hydrogen-bond acceptors (Lipinski definition) is 2. The van der Waals surface area contributed by atoms with Gasteiger partial charge in [-0.15, -0.1) is 11.3 Å². The molecular weight excluding hydrogens is 295 g/mol. The second-order valence-corrected chi connectivity index (χ2v) is 4.96. The summed E-state index contributed by atoms with van der Waals surface area (Å²) in [4.78, 5) is 0. The Morgan fingerprint density at radius 1 is 1.54 bits per heavy atom.